The van der Waals surface area contributed by atoms with Crippen LogP contribution in [0, 0.1) is 11.3 Å². The SMILES string of the molecule is CC1NCCC1CN1CCC(C)(C)CC1. The van der Waals surface area contributed by atoms with Crippen LogP contribution in [0.2, 0.25) is 0 Å². The molecule has 1 N–H and O–H groups in total. The molecule has 2 nitrogen and oxygen atoms in total. The molecular formula is C13H26N2. The van der Waals surface area contributed by atoms with Gasteiger partial charge in [-0.25, -0.2) is 0 Å². The van der Waals surface area contributed by atoms with Gasteiger partial charge in [-0.2, -0.15) is 0 Å². The van der Waals surface area contributed by atoms with Gasteiger partial charge in [0.05, 0.1) is 0 Å². The fourth-order valence-corrected chi connectivity index (χ4v) is 2.84. The summed E-state index contributed by atoms with van der Waals surface area (Å²) in [6.45, 7) is 12.3. The van der Waals surface area contributed by atoms with Crippen LogP contribution in [0.3, 0.4) is 0 Å². The third kappa shape index (κ3) is 2.94. The highest BCUT2D eigenvalue weighted by molar-refractivity contribution is 4.85. The average Bonchev–Trinajstić information content (AvgIpc) is 2.56. The number of piperidine rings is 1. The van der Waals surface area contributed by atoms with Gasteiger partial charge in [-0.1, -0.05) is 13.8 Å². The Labute approximate surface area is 94.4 Å². The van der Waals surface area contributed by atoms with Crippen molar-refractivity contribution in [2.75, 3.05) is 26.2 Å². The van der Waals surface area contributed by atoms with Crippen LogP contribution in [0.4, 0.5) is 0 Å². The summed E-state index contributed by atoms with van der Waals surface area (Å²) in [7, 11) is 0. The molecule has 2 fully saturated rings. The van der Waals surface area contributed by atoms with Gasteiger partial charge in [-0.3, -0.25) is 0 Å². The van der Waals surface area contributed by atoms with E-state index >= 15 is 0 Å². The van der Waals surface area contributed by atoms with Crippen molar-refractivity contribution in [2.24, 2.45) is 11.3 Å². The van der Waals surface area contributed by atoms with Gasteiger partial charge in [0.25, 0.3) is 0 Å². The van der Waals surface area contributed by atoms with Gasteiger partial charge >= 0.3 is 0 Å². The largest absolute Gasteiger partial charge is 0.314 e. The predicted octanol–water partition coefficient (Wildman–Crippen LogP) is 2.11. The minimum absolute atomic E-state index is 0.593. The first-order valence-corrected chi connectivity index (χ1v) is 6.53. The van der Waals surface area contributed by atoms with Crippen LogP contribution in [-0.4, -0.2) is 37.1 Å². The molecular weight excluding hydrogens is 184 g/mol. The lowest BCUT2D eigenvalue weighted by Gasteiger charge is -2.38. The van der Waals surface area contributed by atoms with Gasteiger partial charge < -0.3 is 10.2 Å². The van der Waals surface area contributed by atoms with E-state index in [1.807, 2.05) is 0 Å². The van der Waals surface area contributed by atoms with Crippen LogP contribution in [0.15, 0.2) is 0 Å². The third-order valence-electron chi connectivity index (χ3n) is 4.39. The summed E-state index contributed by atoms with van der Waals surface area (Å²) < 4.78 is 0. The number of hydrogen-bond acceptors (Lipinski definition) is 2. The standard InChI is InChI=1S/C13H26N2/c1-11-12(4-7-14-11)10-15-8-5-13(2,3)6-9-15/h11-12,14H,4-10H2,1-3H3. The molecule has 2 aliphatic rings. The van der Waals surface area contributed by atoms with Crippen molar-refractivity contribution in [1.82, 2.24) is 10.2 Å². The molecule has 2 saturated heterocycles. The van der Waals surface area contributed by atoms with Crippen molar-refractivity contribution in [1.29, 1.82) is 0 Å². The van der Waals surface area contributed by atoms with E-state index in [1.54, 1.807) is 0 Å². The maximum absolute atomic E-state index is 3.55. The van der Waals surface area contributed by atoms with Gasteiger partial charge in [0.1, 0.15) is 0 Å². The van der Waals surface area contributed by atoms with Gasteiger partial charge in [-0.05, 0) is 57.2 Å². The summed E-state index contributed by atoms with van der Waals surface area (Å²) in [4.78, 5) is 2.68. The van der Waals surface area contributed by atoms with Crippen LogP contribution < -0.4 is 5.32 Å². The number of likely N-dealkylation sites (tertiary alicyclic amines) is 1. The van der Waals surface area contributed by atoms with Crippen LogP contribution in [-0.2, 0) is 0 Å². The summed E-state index contributed by atoms with van der Waals surface area (Å²) in [5, 5.41) is 3.55. The highest BCUT2D eigenvalue weighted by atomic mass is 15.1. The molecule has 0 aliphatic carbocycles. The fraction of sp³-hybridized carbons (Fsp3) is 1.00. The van der Waals surface area contributed by atoms with Crippen molar-refractivity contribution >= 4 is 0 Å². The molecule has 2 atom stereocenters. The zero-order valence-corrected chi connectivity index (χ0v) is 10.6. The molecule has 2 aliphatic heterocycles. The molecule has 88 valence electrons. The van der Waals surface area contributed by atoms with E-state index in [4.69, 9.17) is 0 Å². The summed E-state index contributed by atoms with van der Waals surface area (Å²) in [5.41, 5.74) is 0.593. The number of nitrogens with one attached hydrogen (secondary N) is 1. The van der Waals surface area contributed by atoms with E-state index in [9.17, 15) is 0 Å². The maximum Gasteiger partial charge on any atom is 0.00796 e. The van der Waals surface area contributed by atoms with Crippen LogP contribution in [0.1, 0.15) is 40.0 Å². The first kappa shape index (κ1) is 11.4. The molecule has 2 heterocycles. The fourth-order valence-electron chi connectivity index (χ4n) is 2.84. The highest BCUT2D eigenvalue weighted by Crippen LogP contribution is 2.30. The smallest absolute Gasteiger partial charge is 0.00796 e. The topological polar surface area (TPSA) is 15.3 Å². The molecule has 0 radical (unpaired) electrons. The molecule has 0 amide bonds. The molecule has 0 aromatic carbocycles. The molecule has 0 aromatic rings. The molecule has 2 heteroatoms. The lowest BCUT2D eigenvalue weighted by Crippen LogP contribution is -2.41. The minimum Gasteiger partial charge on any atom is -0.314 e. The quantitative estimate of drug-likeness (QED) is 0.751. The number of rotatable bonds is 2. The Hall–Kier alpha value is -0.0800. The van der Waals surface area contributed by atoms with Gasteiger partial charge in [0, 0.05) is 12.6 Å². The van der Waals surface area contributed by atoms with E-state index in [0.29, 0.717) is 5.41 Å². The lowest BCUT2D eigenvalue weighted by atomic mass is 9.82. The predicted molar refractivity (Wildman–Crippen MR) is 65.0 cm³/mol. The molecule has 2 unspecified atom stereocenters. The molecule has 0 saturated carbocycles. The Morgan fingerprint density at radius 1 is 1.27 bits per heavy atom. The van der Waals surface area contributed by atoms with Crippen LogP contribution in [0.25, 0.3) is 0 Å². The van der Waals surface area contributed by atoms with Gasteiger partial charge in [-0.15, -0.1) is 0 Å². The number of nitrogens with zero attached hydrogens (tertiary/aromatic N) is 1. The maximum atomic E-state index is 3.55. The average molecular weight is 210 g/mol. The van der Waals surface area contributed by atoms with Crippen LogP contribution >= 0.6 is 0 Å². The Morgan fingerprint density at radius 3 is 2.47 bits per heavy atom. The zero-order valence-electron chi connectivity index (χ0n) is 10.6. The molecule has 0 aromatic heterocycles. The van der Waals surface area contributed by atoms with Crippen molar-refractivity contribution < 1.29 is 0 Å². The van der Waals surface area contributed by atoms with E-state index < -0.39 is 0 Å². The normalized spacial score (nSPS) is 37.0. The first-order chi connectivity index (χ1) is 7.07. The van der Waals surface area contributed by atoms with Crippen LogP contribution in [0.5, 0.6) is 0 Å². The van der Waals surface area contributed by atoms with Gasteiger partial charge in [0.15, 0.2) is 0 Å². The van der Waals surface area contributed by atoms with Crippen molar-refractivity contribution in [3.05, 3.63) is 0 Å². The number of hydrogen-bond donors (Lipinski definition) is 1. The Morgan fingerprint density at radius 2 is 1.93 bits per heavy atom. The van der Waals surface area contributed by atoms with Gasteiger partial charge in [0.2, 0.25) is 0 Å². The summed E-state index contributed by atoms with van der Waals surface area (Å²) >= 11 is 0. The second kappa shape index (κ2) is 4.42. The third-order valence-corrected chi connectivity index (χ3v) is 4.39. The minimum atomic E-state index is 0.593. The molecule has 0 spiro atoms. The Balaban J connectivity index is 1.77. The second-order valence-corrected chi connectivity index (χ2v) is 6.26. The highest BCUT2D eigenvalue weighted by Gasteiger charge is 2.29. The van der Waals surface area contributed by atoms with Crippen molar-refractivity contribution in [2.45, 2.75) is 46.1 Å². The zero-order chi connectivity index (χ0) is 10.9. The van der Waals surface area contributed by atoms with Crippen molar-refractivity contribution in [3.63, 3.8) is 0 Å². The first-order valence-electron chi connectivity index (χ1n) is 6.53. The summed E-state index contributed by atoms with van der Waals surface area (Å²) in [5.74, 6) is 0.895. The molecule has 2 rings (SSSR count). The summed E-state index contributed by atoms with van der Waals surface area (Å²) in [6.07, 6.45) is 4.13. The van der Waals surface area contributed by atoms with E-state index in [2.05, 4.69) is 31.0 Å². The van der Waals surface area contributed by atoms with E-state index in [0.717, 1.165) is 12.0 Å². The second-order valence-electron chi connectivity index (χ2n) is 6.26. The lowest BCUT2D eigenvalue weighted by molar-refractivity contribution is 0.115. The summed E-state index contributed by atoms with van der Waals surface area (Å²) in [6, 6.07) is 0.736. The van der Waals surface area contributed by atoms with E-state index in [-0.39, 0.29) is 0 Å². The Bertz CT molecular complexity index is 203. The molecule has 0 bridgehead atoms. The van der Waals surface area contributed by atoms with E-state index in [1.165, 1.54) is 45.4 Å². The Kier molecular flexibility index (Phi) is 3.36. The molecule has 15 heavy (non-hydrogen) atoms. The van der Waals surface area contributed by atoms with Crippen molar-refractivity contribution in [3.8, 4) is 0 Å². The monoisotopic (exact) mass is 210 g/mol.